The molecule has 1 rings (SSSR count). The van der Waals surface area contributed by atoms with E-state index in [4.69, 9.17) is 18.0 Å². The fourth-order valence-electron chi connectivity index (χ4n) is 1.23. The van der Waals surface area contributed by atoms with Crippen LogP contribution in [0.2, 0.25) is 0 Å². The molecule has 3 N–H and O–H groups in total. The lowest BCUT2D eigenvalue weighted by atomic mass is 10.2. The first-order valence-corrected chi connectivity index (χ1v) is 9.29. The minimum Gasteiger partial charge on any atom is -0.389 e. The highest BCUT2D eigenvalue weighted by Gasteiger charge is 2.14. The average Bonchev–Trinajstić information content (AvgIpc) is 2.25. The van der Waals surface area contributed by atoms with Crippen molar-refractivity contribution in [3.05, 3.63) is 29.8 Å². The van der Waals surface area contributed by atoms with Gasteiger partial charge in [0.25, 0.3) is 0 Å². The quantitative estimate of drug-likeness (QED) is 0.720. The van der Waals surface area contributed by atoms with Crippen molar-refractivity contribution in [1.82, 2.24) is 0 Å². The molecule has 0 heterocycles. The average molecular weight is 322 g/mol. The molecular weight excluding hydrogens is 308 g/mol. The second-order valence-electron chi connectivity index (χ2n) is 4.00. The smallest absolute Gasteiger partial charge is 0.233 e. The van der Waals surface area contributed by atoms with Gasteiger partial charge >= 0.3 is 0 Å². The van der Waals surface area contributed by atoms with Crippen LogP contribution in [0.3, 0.4) is 0 Å². The molecule has 0 aromatic heterocycles. The number of nitrogens with two attached hydrogens (primary N) is 1. The Labute approximate surface area is 118 Å². The number of anilines is 1. The zero-order valence-electron chi connectivity index (χ0n) is 10.2. The Morgan fingerprint density at radius 2 is 1.89 bits per heavy atom. The normalized spacial score (nSPS) is 12.1. The van der Waals surface area contributed by atoms with Gasteiger partial charge in [0.2, 0.25) is 10.0 Å². The van der Waals surface area contributed by atoms with E-state index in [1.165, 1.54) is 12.1 Å². The number of rotatable bonds is 6. The van der Waals surface area contributed by atoms with Crippen LogP contribution < -0.4 is 10.5 Å². The maximum absolute atomic E-state index is 11.7. The van der Waals surface area contributed by atoms with Gasteiger partial charge in [-0.15, -0.1) is 0 Å². The molecule has 6 nitrogen and oxygen atoms in total. The van der Waals surface area contributed by atoms with Gasteiger partial charge in [0, 0.05) is 17.5 Å². The standard InChI is InChI=1S/C10H14N2O4S3/c1-18(13,14)5-6-19(15,16)12-9-4-2-3-8(7-9)10(11)17/h2-4,7,12H,5-6H2,1H3,(H2,11,17). The predicted octanol–water partition coefficient (Wildman–Crippen LogP) is 0.107. The predicted molar refractivity (Wildman–Crippen MR) is 79.4 cm³/mol. The molecule has 0 bridgehead atoms. The van der Waals surface area contributed by atoms with E-state index in [9.17, 15) is 16.8 Å². The number of sulfonamides is 1. The molecule has 0 radical (unpaired) electrons. The maximum Gasteiger partial charge on any atom is 0.233 e. The van der Waals surface area contributed by atoms with Crippen LogP contribution in [0, 0.1) is 0 Å². The van der Waals surface area contributed by atoms with Crippen molar-refractivity contribution in [3.63, 3.8) is 0 Å². The number of thiocarbonyl (C=S) groups is 1. The Morgan fingerprint density at radius 1 is 1.26 bits per heavy atom. The monoisotopic (exact) mass is 322 g/mol. The lowest BCUT2D eigenvalue weighted by molar-refractivity contribution is 0.593. The van der Waals surface area contributed by atoms with Gasteiger partial charge in [-0.3, -0.25) is 4.72 Å². The van der Waals surface area contributed by atoms with Crippen molar-refractivity contribution in [2.45, 2.75) is 0 Å². The zero-order valence-corrected chi connectivity index (χ0v) is 12.6. The third kappa shape index (κ3) is 5.99. The Balaban J connectivity index is 2.84. The van der Waals surface area contributed by atoms with E-state index in [0.717, 1.165) is 6.26 Å². The van der Waals surface area contributed by atoms with Gasteiger partial charge in [-0.1, -0.05) is 24.4 Å². The molecule has 9 heteroatoms. The Hall–Kier alpha value is -1.19. The van der Waals surface area contributed by atoms with Gasteiger partial charge in [-0.05, 0) is 12.1 Å². The summed E-state index contributed by atoms with van der Waals surface area (Å²) in [4.78, 5) is 0.150. The largest absolute Gasteiger partial charge is 0.389 e. The minimum absolute atomic E-state index is 0.150. The number of sulfone groups is 1. The van der Waals surface area contributed by atoms with E-state index in [-0.39, 0.29) is 4.99 Å². The summed E-state index contributed by atoms with van der Waals surface area (Å²) >= 11 is 4.78. The van der Waals surface area contributed by atoms with Crippen LogP contribution in [-0.2, 0) is 19.9 Å². The van der Waals surface area contributed by atoms with Gasteiger partial charge < -0.3 is 5.73 Å². The van der Waals surface area contributed by atoms with E-state index in [1.54, 1.807) is 12.1 Å². The summed E-state index contributed by atoms with van der Waals surface area (Å²) in [5, 5.41) is 0. The highest BCUT2D eigenvalue weighted by atomic mass is 32.2. The third-order valence-electron chi connectivity index (χ3n) is 2.14. The lowest BCUT2D eigenvalue weighted by Gasteiger charge is -2.08. The molecule has 0 aliphatic rings. The second kappa shape index (κ2) is 5.85. The molecule has 0 unspecified atom stereocenters. The van der Waals surface area contributed by atoms with E-state index in [1.807, 2.05) is 0 Å². The highest BCUT2D eigenvalue weighted by molar-refractivity contribution is 7.95. The van der Waals surface area contributed by atoms with Gasteiger partial charge in [-0.2, -0.15) is 0 Å². The molecule has 1 aromatic carbocycles. The molecule has 1 aromatic rings. The van der Waals surface area contributed by atoms with Crippen LogP contribution in [0.25, 0.3) is 0 Å². The molecule has 0 saturated carbocycles. The molecule has 0 spiro atoms. The van der Waals surface area contributed by atoms with E-state index in [2.05, 4.69) is 4.72 Å². The molecule has 0 fully saturated rings. The summed E-state index contributed by atoms with van der Waals surface area (Å²) in [6, 6.07) is 6.26. The molecule has 0 amide bonds. The van der Waals surface area contributed by atoms with Crippen LogP contribution in [-0.4, -0.2) is 39.6 Å². The Bertz CT molecular complexity index is 680. The highest BCUT2D eigenvalue weighted by Crippen LogP contribution is 2.12. The fourth-order valence-corrected chi connectivity index (χ4v) is 4.03. The van der Waals surface area contributed by atoms with E-state index in [0.29, 0.717) is 11.3 Å². The van der Waals surface area contributed by atoms with Crippen molar-refractivity contribution in [2.75, 3.05) is 22.5 Å². The number of benzene rings is 1. The molecular formula is C10H14N2O4S3. The van der Waals surface area contributed by atoms with E-state index < -0.39 is 31.4 Å². The molecule has 19 heavy (non-hydrogen) atoms. The van der Waals surface area contributed by atoms with E-state index >= 15 is 0 Å². The summed E-state index contributed by atoms with van der Waals surface area (Å²) < 4.78 is 47.6. The topological polar surface area (TPSA) is 106 Å². The van der Waals surface area contributed by atoms with Crippen molar-refractivity contribution in [1.29, 1.82) is 0 Å². The van der Waals surface area contributed by atoms with Gasteiger partial charge in [-0.25, -0.2) is 16.8 Å². The number of nitrogens with one attached hydrogen (secondary N) is 1. The van der Waals surface area contributed by atoms with Crippen LogP contribution >= 0.6 is 12.2 Å². The molecule has 0 saturated heterocycles. The fraction of sp³-hybridized carbons (Fsp3) is 0.300. The van der Waals surface area contributed by atoms with Crippen molar-refractivity contribution in [3.8, 4) is 0 Å². The van der Waals surface area contributed by atoms with Crippen LogP contribution in [0.5, 0.6) is 0 Å². The first kappa shape index (κ1) is 15.9. The molecule has 106 valence electrons. The zero-order chi connectivity index (χ0) is 14.7. The third-order valence-corrected chi connectivity index (χ3v) is 4.87. The van der Waals surface area contributed by atoms with Crippen molar-refractivity contribution in [2.24, 2.45) is 5.73 Å². The van der Waals surface area contributed by atoms with Crippen molar-refractivity contribution < 1.29 is 16.8 Å². The number of hydrogen-bond donors (Lipinski definition) is 2. The number of hydrogen-bond acceptors (Lipinski definition) is 5. The molecule has 0 atom stereocenters. The van der Waals surface area contributed by atoms with Crippen LogP contribution in [0.4, 0.5) is 5.69 Å². The Morgan fingerprint density at radius 3 is 2.42 bits per heavy atom. The summed E-state index contributed by atoms with van der Waals surface area (Å²) in [6.07, 6.45) is 0.982. The summed E-state index contributed by atoms with van der Waals surface area (Å²) in [5.41, 5.74) is 6.25. The first-order chi connectivity index (χ1) is 8.59. The maximum atomic E-state index is 11.7. The first-order valence-electron chi connectivity index (χ1n) is 5.17. The summed E-state index contributed by atoms with van der Waals surface area (Å²) in [7, 11) is -7.05. The van der Waals surface area contributed by atoms with Crippen LogP contribution in [0.1, 0.15) is 5.56 Å². The van der Waals surface area contributed by atoms with Gasteiger partial charge in [0.1, 0.15) is 14.8 Å². The lowest BCUT2D eigenvalue weighted by Crippen LogP contribution is -2.22. The van der Waals surface area contributed by atoms with Gasteiger partial charge in [0.15, 0.2) is 0 Å². The summed E-state index contributed by atoms with van der Waals surface area (Å²) in [6.45, 7) is 0. The van der Waals surface area contributed by atoms with Crippen molar-refractivity contribution >= 4 is 42.8 Å². The molecule has 0 aliphatic carbocycles. The summed E-state index contributed by atoms with van der Waals surface area (Å²) in [5.74, 6) is -0.930. The molecule has 0 aliphatic heterocycles. The van der Waals surface area contributed by atoms with Crippen LogP contribution in [0.15, 0.2) is 24.3 Å². The second-order valence-corrected chi connectivity index (χ2v) is 8.54. The van der Waals surface area contributed by atoms with Gasteiger partial charge in [0.05, 0.1) is 11.5 Å². The SMILES string of the molecule is CS(=O)(=O)CCS(=O)(=O)Nc1cccc(C(N)=S)c1. The minimum atomic E-state index is -3.72. The Kier molecular flexibility index (Phi) is 4.88.